The summed E-state index contributed by atoms with van der Waals surface area (Å²) >= 11 is 1.91. The van der Waals surface area contributed by atoms with E-state index < -0.39 is 0 Å². The van der Waals surface area contributed by atoms with E-state index in [1.807, 2.05) is 17.8 Å². The van der Waals surface area contributed by atoms with Crippen molar-refractivity contribution in [2.75, 3.05) is 0 Å². The van der Waals surface area contributed by atoms with Crippen LogP contribution in [0.2, 0.25) is 0 Å². The lowest BCUT2D eigenvalue weighted by Crippen LogP contribution is -2.19. The van der Waals surface area contributed by atoms with Gasteiger partial charge in [0.25, 0.3) is 0 Å². The van der Waals surface area contributed by atoms with Crippen LogP contribution in [0.4, 0.5) is 0 Å². The van der Waals surface area contributed by atoms with Crippen LogP contribution in [0.3, 0.4) is 0 Å². The highest BCUT2D eigenvalue weighted by atomic mass is 32.2. The summed E-state index contributed by atoms with van der Waals surface area (Å²) in [6, 6.07) is 10.5. The van der Waals surface area contributed by atoms with Crippen molar-refractivity contribution >= 4 is 17.5 Å². The molecule has 1 saturated carbocycles. The van der Waals surface area contributed by atoms with E-state index >= 15 is 0 Å². The highest BCUT2D eigenvalue weighted by Gasteiger charge is 2.18. The number of rotatable bonds is 3. The van der Waals surface area contributed by atoms with Gasteiger partial charge in [0.2, 0.25) is 0 Å². The van der Waals surface area contributed by atoms with E-state index in [-0.39, 0.29) is 0 Å². The Morgan fingerprint density at radius 2 is 1.89 bits per heavy atom. The summed E-state index contributed by atoms with van der Waals surface area (Å²) in [5.41, 5.74) is 2.34. The van der Waals surface area contributed by atoms with Crippen LogP contribution in [-0.4, -0.2) is 16.2 Å². The molecule has 1 fully saturated rings. The molecule has 1 aliphatic rings. The van der Waals surface area contributed by atoms with Crippen molar-refractivity contribution in [3.63, 3.8) is 0 Å². The lowest BCUT2D eigenvalue weighted by atomic mass is 9.99. The van der Waals surface area contributed by atoms with Gasteiger partial charge < -0.3 is 5.21 Å². The van der Waals surface area contributed by atoms with Gasteiger partial charge >= 0.3 is 0 Å². The van der Waals surface area contributed by atoms with Crippen LogP contribution in [0, 0.1) is 0 Å². The molecule has 1 aliphatic carbocycles. The van der Waals surface area contributed by atoms with Gasteiger partial charge in [0.05, 0.1) is 5.71 Å². The van der Waals surface area contributed by atoms with E-state index in [1.165, 1.54) is 31.2 Å². The topological polar surface area (TPSA) is 32.6 Å². The number of oxime groups is 1. The molecule has 0 bridgehead atoms. The van der Waals surface area contributed by atoms with Gasteiger partial charge in [-0.2, -0.15) is 0 Å². The van der Waals surface area contributed by atoms with Gasteiger partial charge in [0.1, 0.15) is 0 Å². The standard InChI is InChI=1S/C15H21NOS/c17-16-14-10-6-1-2-7-11-15(14)18-12-13-8-4-3-5-9-13/h3-5,8-9,15,17H,1-2,6-7,10-12H2/b16-14+. The minimum atomic E-state index is 0.399. The number of benzene rings is 1. The molecule has 98 valence electrons. The van der Waals surface area contributed by atoms with Gasteiger partial charge in [-0.15, -0.1) is 11.8 Å². The van der Waals surface area contributed by atoms with Crippen molar-refractivity contribution in [3.8, 4) is 0 Å². The first kappa shape index (κ1) is 13.5. The van der Waals surface area contributed by atoms with Crippen molar-refractivity contribution in [2.45, 2.75) is 49.5 Å². The Labute approximate surface area is 113 Å². The van der Waals surface area contributed by atoms with Crippen LogP contribution in [0.15, 0.2) is 35.5 Å². The van der Waals surface area contributed by atoms with Crippen LogP contribution in [0.5, 0.6) is 0 Å². The molecule has 18 heavy (non-hydrogen) atoms. The zero-order valence-corrected chi connectivity index (χ0v) is 11.5. The Bertz CT molecular complexity index is 377. The smallest absolute Gasteiger partial charge is 0.0700 e. The first-order valence-corrected chi connectivity index (χ1v) is 7.81. The quantitative estimate of drug-likeness (QED) is 0.644. The van der Waals surface area contributed by atoms with Gasteiger partial charge in [0, 0.05) is 11.0 Å². The van der Waals surface area contributed by atoms with Crippen molar-refractivity contribution in [3.05, 3.63) is 35.9 Å². The largest absolute Gasteiger partial charge is 0.411 e. The average molecular weight is 263 g/mol. The minimum absolute atomic E-state index is 0.399. The molecule has 1 aromatic rings. The summed E-state index contributed by atoms with van der Waals surface area (Å²) in [5.74, 6) is 1.00. The van der Waals surface area contributed by atoms with Crippen molar-refractivity contribution in [1.82, 2.24) is 0 Å². The normalized spacial score (nSPS) is 23.6. The van der Waals surface area contributed by atoms with Crippen molar-refractivity contribution in [1.29, 1.82) is 0 Å². The second kappa shape index (κ2) is 7.47. The monoisotopic (exact) mass is 263 g/mol. The molecule has 0 aromatic heterocycles. The summed E-state index contributed by atoms with van der Waals surface area (Å²) < 4.78 is 0. The minimum Gasteiger partial charge on any atom is -0.411 e. The van der Waals surface area contributed by atoms with E-state index in [1.54, 1.807) is 0 Å². The SMILES string of the molecule is O/N=C1\CCCCCCC1SCc1ccccc1. The molecule has 0 amide bonds. The fourth-order valence-corrected chi connectivity index (χ4v) is 3.66. The lowest BCUT2D eigenvalue weighted by molar-refractivity contribution is 0.315. The van der Waals surface area contributed by atoms with Crippen LogP contribution in [-0.2, 0) is 5.75 Å². The molecular formula is C15H21NOS. The third-order valence-electron chi connectivity index (χ3n) is 3.44. The Morgan fingerprint density at radius 1 is 1.11 bits per heavy atom. The first-order valence-electron chi connectivity index (χ1n) is 6.76. The van der Waals surface area contributed by atoms with Crippen LogP contribution >= 0.6 is 11.8 Å². The second-order valence-electron chi connectivity index (χ2n) is 4.83. The number of hydrogen-bond donors (Lipinski definition) is 1. The van der Waals surface area contributed by atoms with E-state index in [4.69, 9.17) is 5.21 Å². The summed E-state index contributed by atoms with van der Waals surface area (Å²) in [7, 11) is 0. The first-order chi connectivity index (χ1) is 8.90. The molecule has 1 aromatic carbocycles. The van der Waals surface area contributed by atoms with Crippen LogP contribution in [0.1, 0.15) is 44.1 Å². The molecule has 0 radical (unpaired) electrons. The van der Waals surface area contributed by atoms with Gasteiger partial charge in [-0.1, -0.05) is 54.8 Å². The number of hydrogen-bond acceptors (Lipinski definition) is 3. The predicted octanol–water partition coefficient (Wildman–Crippen LogP) is 4.47. The number of nitrogens with zero attached hydrogens (tertiary/aromatic N) is 1. The fourth-order valence-electron chi connectivity index (χ4n) is 2.38. The Balaban J connectivity index is 1.92. The summed E-state index contributed by atoms with van der Waals surface area (Å²) in [5, 5.41) is 13.1. The average Bonchev–Trinajstić information content (AvgIpc) is 2.39. The lowest BCUT2D eigenvalue weighted by Gasteiger charge is -2.20. The van der Waals surface area contributed by atoms with Crippen LogP contribution < -0.4 is 0 Å². The third kappa shape index (κ3) is 4.05. The van der Waals surface area contributed by atoms with Crippen LogP contribution in [0.25, 0.3) is 0 Å². The van der Waals surface area contributed by atoms with E-state index in [0.717, 1.165) is 24.3 Å². The van der Waals surface area contributed by atoms with Crippen molar-refractivity contribution < 1.29 is 5.21 Å². The molecule has 1 N–H and O–H groups in total. The highest BCUT2D eigenvalue weighted by Crippen LogP contribution is 2.27. The molecule has 1 unspecified atom stereocenters. The maximum Gasteiger partial charge on any atom is 0.0700 e. The molecule has 0 heterocycles. The second-order valence-corrected chi connectivity index (χ2v) is 6.02. The molecule has 2 nitrogen and oxygen atoms in total. The van der Waals surface area contributed by atoms with Gasteiger partial charge in [0.15, 0.2) is 0 Å². The zero-order chi connectivity index (χ0) is 12.6. The molecule has 0 spiro atoms. The fraction of sp³-hybridized carbons (Fsp3) is 0.533. The van der Waals surface area contributed by atoms with E-state index in [2.05, 4.69) is 29.4 Å². The van der Waals surface area contributed by atoms with Gasteiger partial charge in [-0.3, -0.25) is 0 Å². The molecule has 2 rings (SSSR count). The summed E-state index contributed by atoms with van der Waals surface area (Å²) in [4.78, 5) is 0. The Kier molecular flexibility index (Phi) is 5.59. The van der Waals surface area contributed by atoms with Crippen molar-refractivity contribution in [2.24, 2.45) is 5.16 Å². The zero-order valence-electron chi connectivity index (χ0n) is 10.7. The maximum absolute atomic E-state index is 9.15. The van der Waals surface area contributed by atoms with E-state index in [0.29, 0.717) is 5.25 Å². The molecule has 1 atom stereocenters. The summed E-state index contributed by atoms with van der Waals surface area (Å²) in [6.45, 7) is 0. The molecular weight excluding hydrogens is 242 g/mol. The predicted molar refractivity (Wildman–Crippen MR) is 78.4 cm³/mol. The van der Waals surface area contributed by atoms with Gasteiger partial charge in [-0.05, 0) is 24.8 Å². The Hall–Kier alpha value is -0.960. The third-order valence-corrected chi connectivity index (χ3v) is 4.85. The van der Waals surface area contributed by atoms with E-state index in [9.17, 15) is 0 Å². The molecule has 0 aliphatic heterocycles. The van der Waals surface area contributed by atoms with Gasteiger partial charge in [-0.25, -0.2) is 0 Å². The number of thioether (sulfide) groups is 1. The maximum atomic E-state index is 9.15. The molecule has 3 heteroatoms. The summed E-state index contributed by atoms with van der Waals surface area (Å²) in [6.07, 6.45) is 7.13. The Morgan fingerprint density at radius 3 is 2.67 bits per heavy atom. The molecule has 0 saturated heterocycles. The highest BCUT2D eigenvalue weighted by molar-refractivity contribution is 7.99.